The first-order valence-electron chi connectivity index (χ1n) is 8.77. The van der Waals surface area contributed by atoms with Gasteiger partial charge in [-0.15, -0.1) is 0 Å². The zero-order valence-electron chi connectivity index (χ0n) is 15.1. The van der Waals surface area contributed by atoms with Gasteiger partial charge in [0.05, 0.1) is 10.6 Å². The number of rotatable bonds is 4. The first-order chi connectivity index (χ1) is 12.4. The van der Waals surface area contributed by atoms with Crippen molar-refractivity contribution in [3.63, 3.8) is 0 Å². The number of amides is 1. The van der Waals surface area contributed by atoms with Gasteiger partial charge >= 0.3 is 0 Å². The van der Waals surface area contributed by atoms with Crippen molar-refractivity contribution >= 4 is 15.7 Å². The Kier molecular flexibility index (Phi) is 5.44. The van der Waals surface area contributed by atoms with Gasteiger partial charge < -0.3 is 10.2 Å². The van der Waals surface area contributed by atoms with E-state index in [0.29, 0.717) is 22.6 Å². The molecule has 2 aromatic rings. The molecule has 1 aliphatic heterocycles. The lowest BCUT2D eigenvalue weighted by atomic mass is 10.1. The van der Waals surface area contributed by atoms with Crippen molar-refractivity contribution < 1.29 is 13.2 Å². The van der Waals surface area contributed by atoms with Crippen molar-refractivity contribution in [1.82, 2.24) is 10.2 Å². The molecule has 138 valence electrons. The van der Waals surface area contributed by atoms with E-state index in [2.05, 4.69) is 5.32 Å². The number of nitrogens with one attached hydrogen (secondary N) is 1. The number of nitrogens with zero attached hydrogens (tertiary/aromatic N) is 1. The summed E-state index contributed by atoms with van der Waals surface area (Å²) in [6.07, 6.45) is 0. The lowest BCUT2D eigenvalue weighted by molar-refractivity contribution is 0.0656. The third-order valence-electron chi connectivity index (χ3n) is 4.70. The Bertz CT molecular complexity index is 874. The van der Waals surface area contributed by atoms with Crippen LogP contribution >= 0.6 is 0 Å². The van der Waals surface area contributed by atoms with E-state index in [1.165, 1.54) is 0 Å². The van der Waals surface area contributed by atoms with E-state index in [-0.39, 0.29) is 17.7 Å². The Balaban J connectivity index is 1.73. The maximum absolute atomic E-state index is 12.6. The predicted octanol–water partition coefficient (Wildman–Crippen LogP) is 2.40. The molecule has 0 saturated carbocycles. The molecule has 3 rings (SSSR count). The van der Waals surface area contributed by atoms with Crippen molar-refractivity contribution in [2.24, 2.45) is 0 Å². The van der Waals surface area contributed by atoms with Gasteiger partial charge in [-0.25, -0.2) is 8.42 Å². The number of benzene rings is 2. The van der Waals surface area contributed by atoms with E-state index in [4.69, 9.17) is 0 Å². The molecule has 1 amide bonds. The average Bonchev–Trinajstić information content (AvgIpc) is 2.62. The van der Waals surface area contributed by atoms with E-state index in [0.717, 1.165) is 18.7 Å². The first kappa shape index (κ1) is 18.6. The van der Waals surface area contributed by atoms with Gasteiger partial charge in [-0.1, -0.05) is 29.8 Å². The van der Waals surface area contributed by atoms with Gasteiger partial charge in [-0.2, -0.15) is 0 Å². The van der Waals surface area contributed by atoms with E-state index in [1.807, 2.05) is 18.7 Å². The fourth-order valence-electron chi connectivity index (χ4n) is 3.10. The molecule has 0 unspecified atom stereocenters. The topological polar surface area (TPSA) is 66.5 Å². The minimum absolute atomic E-state index is 0.00746. The Labute approximate surface area is 154 Å². The fraction of sp³-hybridized carbons (Fsp3) is 0.350. The molecule has 0 radical (unpaired) electrons. The lowest BCUT2D eigenvalue weighted by Crippen LogP contribution is -2.52. The number of sulfone groups is 1. The molecule has 0 bridgehead atoms. The van der Waals surface area contributed by atoms with Crippen LogP contribution in [-0.2, 0) is 15.6 Å². The molecule has 1 saturated heterocycles. The van der Waals surface area contributed by atoms with E-state index in [9.17, 15) is 13.2 Å². The molecule has 0 aliphatic carbocycles. The molecule has 1 aliphatic rings. The summed E-state index contributed by atoms with van der Waals surface area (Å²) in [7, 11) is -3.40. The number of hydrogen-bond acceptors (Lipinski definition) is 4. The molecular weight excluding hydrogens is 348 g/mol. The van der Waals surface area contributed by atoms with E-state index >= 15 is 0 Å². The van der Waals surface area contributed by atoms with Gasteiger partial charge in [0.2, 0.25) is 0 Å². The summed E-state index contributed by atoms with van der Waals surface area (Å²) in [6, 6.07) is 13.9. The SMILES string of the molecule is Cc1ccc(S(=O)(=O)Cc2ccc(C(=O)N3CCNC[C@@H]3C)cc2)cc1. The zero-order chi connectivity index (χ0) is 18.7. The van der Waals surface area contributed by atoms with Gasteiger partial charge in [0.15, 0.2) is 9.84 Å². The van der Waals surface area contributed by atoms with Crippen LogP contribution in [0.1, 0.15) is 28.4 Å². The predicted molar refractivity (Wildman–Crippen MR) is 102 cm³/mol. The molecule has 2 aromatic carbocycles. The van der Waals surface area contributed by atoms with Crippen LogP contribution < -0.4 is 5.32 Å². The molecule has 0 spiro atoms. The number of aryl methyl sites for hydroxylation is 1. The lowest BCUT2D eigenvalue weighted by Gasteiger charge is -2.34. The smallest absolute Gasteiger partial charge is 0.254 e. The highest BCUT2D eigenvalue weighted by atomic mass is 32.2. The van der Waals surface area contributed by atoms with Crippen LogP contribution in [0.3, 0.4) is 0 Å². The second-order valence-electron chi connectivity index (χ2n) is 6.82. The molecule has 1 atom stereocenters. The quantitative estimate of drug-likeness (QED) is 0.895. The van der Waals surface area contributed by atoms with Gasteiger partial charge in [0.25, 0.3) is 5.91 Å². The van der Waals surface area contributed by atoms with Crippen LogP contribution in [0.4, 0.5) is 0 Å². The average molecular weight is 372 g/mol. The van der Waals surface area contributed by atoms with Crippen LogP contribution in [0, 0.1) is 6.92 Å². The van der Waals surface area contributed by atoms with E-state index < -0.39 is 9.84 Å². The van der Waals surface area contributed by atoms with Crippen molar-refractivity contribution in [2.45, 2.75) is 30.5 Å². The highest BCUT2D eigenvalue weighted by Crippen LogP contribution is 2.18. The number of carbonyl (C=O) groups excluding carboxylic acids is 1. The van der Waals surface area contributed by atoms with Crippen LogP contribution in [-0.4, -0.2) is 44.9 Å². The standard InChI is InChI=1S/C20H24N2O3S/c1-15-3-9-19(10-4-15)26(24,25)14-17-5-7-18(8-6-17)20(23)22-12-11-21-13-16(22)2/h3-10,16,21H,11-14H2,1-2H3/t16-/m0/s1. The van der Waals surface area contributed by atoms with Crippen molar-refractivity contribution in [3.05, 3.63) is 65.2 Å². The van der Waals surface area contributed by atoms with Crippen molar-refractivity contribution in [1.29, 1.82) is 0 Å². The monoisotopic (exact) mass is 372 g/mol. The third kappa shape index (κ3) is 4.14. The summed E-state index contributed by atoms with van der Waals surface area (Å²) in [6.45, 7) is 6.21. The minimum Gasteiger partial charge on any atom is -0.333 e. The Morgan fingerprint density at radius 2 is 1.77 bits per heavy atom. The molecule has 1 heterocycles. The maximum Gasteiger partial charge on any atom is 0.254 e. The molecule has 6 heteroatoms. The molecule has 1 fully saturated rings. The van der Waals surface area contributed by atoms with Gasteiger partial charge in [-0.3, -0.25) is 4.79 Å². The highest BCUT2D eigenvalue weighted by molar-refractivity contribution is 7.90. The molecule has 1 N–H and O–H groups in total. The van der Waals surface area contributed by atoms with E-state index in [1.54, 1.807) is 48.5 Å². The number of piperazine rings is 1. The van der Waals surface area contributed by atoms with Crippen molar-refractivity contribution in [2.75, 3.05) is 19.6 Å². The van der Waals surface area contributed by atoms with Gasteiger partial charge in [0.1, 0.15) is 0 Å². The molecule has 0 aromatic heterocycles. The molecular formula is C20H24N2O3S. The normalized spacial score (nSPS) is 17.9. The second kappa shape index (κ2) is 7.60. The molecule has 5 nitrogen and oxygen atoms in total. The van der Waals surface area contributed by atoms with Crippen molar-refractivity contribution in [3.8, 4) is 0 Å². The summed E-state index contributed by atoms with van der Waals surface area (Å²) in [5, 5.41) is 3.26. The number of hydrogen-bond donors (Lipinski definition) is 1. The van der Waals surface area contributed by atoms with Crippen LogP contribution in [0.15, 0.2) is 53.4 Å². The highest BCUT2D eigenvalue weighted by Gasteiger charge is 2.24. The molecule has 26 heavy (non-hydrogen) atoms. The Hall–Kier alpha value is -2.18. The fourth-order valence-corrected chi connectivity index (χ4v) is 4.45. The largest absolute Gasteiger partial charge is 0.333 e. The summed E-state index contributed by atoms with van der Waals surface area (Å²) in [5.74, 6) is -0.0823. The third-order valence-corrected chi connectivity index (χ3v) is 6.40. The first-order valence-corrected chi connectivity index (χ1v) is 10.4. The van der Waals surface area contributed by atoms with Gasteiger partial charge in [-0.05, 0) is 43.7 Å². The van der Waals surface area contributed by atoms with Crippen LogP contribution in [0.5, 0.6) is 0 Å². The zero-order valence-corrected chi connectivity index (χ0v) is 15.9. The number of carbonyl (C=O) groups is 1. The van der Waals surface area contributed by atoms with Crippen LogP contribution in [0.2, 0.25) is 0 Å². The van der Waals surface area contributed by atoms with Gasteiger partial charge in [0, 0.05) is 31.2 Å². The summed E-state index contributed by atoms with van der Waals surface area (Å²) in [5.41, 5.74) is 2.29. The van der Waals surface area contributed by atoms with Crippen LogP contribution in [0.25, 0.3) is 0 Å². The Morgan fingerprint density at radius 3 is 2.38 bits per heavy atom. The Morgan fingerprint density at radius 1 is 1.12 bits per heavy atom. The minimum atomic E-state index is -3.40. The summed E-state index contributed by atoms with van der Waals surface area (Å²) in [4.78, 5) is 14.8. The summed E-state index contributed by atoms with van der Waals surface area (Å²) < 4.78 is 25.1. The maximum atomic E-state index is 12.6. The second-order valence-corrected chi connectivity index (χ2v) is 8.81. The summed E-state index contributed by atoms with van der Waals surface area (Å²) >= 11 is 0.